The zero-order chi connectivity index (χ0) is 16.3. The molecule has 1 heterocycles. The van der Waals surface area contributed by atoms with Gasteiger partial charge in [0.2, 0.25) is 5.91 Å². The van der Waals surface area contributed by atoms with Crippen LogP contribution < -0.4 is 10.1 Å². The van der Waals surface area contributed by atoms with Crippen molar-refractivity contribution in [2.75, 3.05) is 7.11 Å². The predicted molar refractivity (Wildman–Crippen MR) is 92.9 cm³/mol. The van der Waals surface area contributed by atoms with Gasteiger partial charge in [0.1, 0.15) is 27.3 Å². The normalized spacial score (nSPS) is 10.8. The van der Waals surface area contributed by atoms with Gasteiger partial charge < -0.3 is 14.6 Å². The summed E-state index contributed by atoms with van der Waals surface area (Å²) in [6.45, 7) is 4.05. The highest BCUT2D eigenvalue weighted by Gasteiger charge is 2.18. The Morgan fingerprint density at radius 2 is 2.14 bits per heavy atom. The Bertz CT molecular complexity index is 683. The molecule has 0 aliphatic carbocycles. The van der Waals surface area contributed by atoms with E-state index in [2.05, 4.69) is 42.2 Å². The first-order valence-electron chi connectivity index (χ1n) is 6.77. The summed E-state index contributed by atoms with van der Waals surface area (Å²) in [5.74, 6) is 1.37. The third kappa shape index (κ3) is 3.89. The molecule has 118 valence electrons. The van der Waals surface area contributed by atoms with E-state index >= 15 is 0 Å². The number of nitrogens with one attached hydrogen (secondary N) is 1. The van der Waals surface area contributed by atoms with Gasteiger partial charge in [0.05, 0.1) is 7.11 Å². The largest absolute Gasteiger partial charge is 0.497 e. The predicted octanol–water partition coefficient (Wildman–Crippen LogP) is 3.61. The molecule has 0 aliphatic heterocycles. The third-order valence-electron chi connectivity index (χ3n) is 2.95. The smallest absolute Gasteiger partial charge is 0.240 e. The van der Waals surface area contributed by atoms with Crippen molar-refractivity contribution in [3.63, 3.8) is 0 Å². The Morgan fingerprint density at radius 1 is 1.41 bits per heavy atom. The van der Waals surface area contributed by atoms with Crippen molar-refractivity contribution in [2.24, 2.45) is 0 Å². The summed E-state index contributed by atoms with van der Waals surface area (Å²) in [5, 5.41) is 2.88. The van der Waals surface area contributed by atoms with Crippen LogP contribution >= 0.6 is 31.9 Å². The summed E-state index contributed by atoms with van der Waals surface area (Å²) in [6.07, 6.45) is 0. The maximum Gasteiger partial charge on any atom is 0.240 e. The first kappa shape index (κ1) is 17.0. The number of amides is 1. The summed E-state index contributed by atoms with van der Waals surface area (Å²) in [4.78, 5) is 16.6. The van der Waals surface area contributed by atoms with Gasteiger partial charge in [0, 0.05) is 11.6 Å². The van der Waals surface area contributed by atoms with E-state index in [4.69, 9.17) is 4.74 Å². The minimum Gasteiger partial charge on any atom is -0.497 e. The first-order valence-corrected chi connectivity index (χ1v) is 8.36. The lowest BCUT2D eigenvalue weighted by Gasteiger charge is -2.12. The van der Waals surface area contributed by atoms with Crippen LogP contribution in [0.5, 0.6) is 5.75 Å². The third-order valence-corrected chi connectivity index (χ3v) is 4.83. The number of aromatic nitrogens is 2. The number of ether oxygens (including phenoxy) is 1. The van der Waals surface area contributed by atoms with E-state index in [1.165, 1.54) is 0 Å². The van der Waals surface area contributed by atoms with Crippen LogP contribution in [0.4, 0.5) is 0 Å². The van der Waals surface area contributed by atoms with Crippen molar-refractivity contribution in [3.8, 4) is 17.1 Å². The Hall–Kier alpha value is -1.34. The van der Waals surface area contributed by atoms with Crippen LogP contribution in [0.1, 0.15) is 13.8 Å². The average molecular weight is 431 g/mol. The fraction of sp³-hybridized carbons (Fsp3) is 0.333. The first-order chi connectivity index (χ1) is 10.4. The Labute approximate surface area is 146 Å². The average Bonchev–Trinajstić information content (AvgIpc) is 2.75. The van der Waals surface area contributed by atoms with Gasteiger partial charge in [0.25, 0.3) is 0 Å². The standard InChI is InChI=1S/C15H17Br2N3O2/c1-9(2)18-12(21)8-20-14(17)13(16)19-15(20)10-5-4-6-11(7-10)22-3/h4-7,9H,8H2,1-3H3,(H,18,21). The van der Waals surface area contributed by atoms with E-state index in [0.29, 0.717) is 10.4 Å². The van der Waals surface area contributed by atoms with Crippen LogP contribution in [-0.4, -0.2) is 28.6 Å². The van der Waals surface area contributed by atoms with Crippen LogP contribution in [-0.2, 0) is 11.3 Å². The molecule has 22 heavy (non-hydrogen) atoms. The number of hydrogen-bond donors (Lipinski definition) is 1. The van der Waals surface area contributed by atoms with Gasteiger partial charge >= 0.3 is 0 Å². The van der Waals surface area contributed by atoms with Gasteiger partial charge in [-0.2, -0.15) is 0 Å². The molecule has 1 N–H and O–H groups in total. The van der Waals surface area contributed by atoms with Crippen molar-refractivity contribution >= 4 is 37.8 Å². The lowest BCUT2D eigenvalue weighted by molar-refractivity contribution is -0.122. The SMILES string of the molecule is COc1cccc(-c2nc(Br)c(Br)n2CC(=O)NC(C)C)c1. The number of methoxy groups -OCH3 is 1. The second kappa shape index (κ2) is 7.28. The van der Waals surface area contributed by atoms with Crippen molar-refractivity contribution < 1.29 is 9.53 Å². The van der Waals surface area contributed by atoms with Gasteiger partial charge in [-0.05, 0) is 57.8 Å². The topological polar surface area (TPSA) is 56.2 Å². The zero-order valence-electron chi connectivity index (χ0n) is 12.6. The molecule has 0 bridgehead atoms. The molecule has 5 nitrogen and oxygen atoms in total. The summed E-state index contributed by atoms with van der Waals surface area (Å²) >= 11 is 6.87. The summed E-state index contributed by atoms with van der Waals surface area (Å²) in [5.41, 5.74) is 0.878. The molecule has 0 radical (unpaired) electrons. The van der Waals surface area contributed by atoms with Gasteiger partial charge in [-0.3, -0.25) is 4.79 Å². The summed E-state index contributed by atoms with van der Waals surface area (Å²) in [7, 11) is 1.62. The molecular weight excluding hydrogens is 414 g/mol. The molecule has 0 unspecified atom stereocenters. The molecule has 0 saturated heterocycles. The second-order valence-corrected chi connectivity index (χ2v) is 6.56. The van der Waals surface area contributed by atoms with E-state index in [1.54, 1.807) is 7.11 Å². The highest BCUT2D eigenvalue weighted by atomic mass is 79.9. The number of hydrogen-bond acceptors (Lipinski definition) is 3. The number of carbonyl (C=O) groups is 1. The fourth-order valence-electron chi connectivity index (χ4n) is 2.04. The quantitative estimate of drug-likeness (QED) is 0.788. The van der Waals surface area contributed by atoms with Gasteiger partial charge in [0.15, 0.2) is 0 Å². The van der Waals surface area contributed by atoms with Gasteiger partial charge in [-0.25, -0.2) is 4.98 Å². The fourth-order valence-corrected chi connectivity index (χ4v) is 2.81. The minimum absolute atomic E-state index is 0.0650. The Balaban J connectivity index is 2.39. The molecule has 2 rings (SSSR count). The summed E-state index contributed by atoms with van der Waals surface area (Å²) < 4.78 is 8.44. The van der Waals surface area contributed by atoms with E-state index in [0.717, 1.165) is 15.9 Å². The van der Waals surface area contributed by atoms with Crippen LogP contribution in [0.3, 0.4) is 0 Å². The number of benzene rings is 1. The number of halogens is 2. The van der Waals surface area contributed by atoms with Crippen LogP contribution in [0, 0.1) is 0 Å². The monoisotopic (exact) mass is 429 g/mol. The molecule has 7 heteroatoms. The molecule has 0 saturated carbocycles. The number of imidazole rings is 1. The minimum atomic E-state index is -0.0650. The van der Waals surface area contributed by atoms with E-state index in [1.807, 2.05) is 42.7 Å². The molecule has 1 amide bonds. The van der Waals surface area contributed by atoms with E-state index < -0.39 is 0 Å². The van der Waals surface area contributed by atoms with Crippen molar-refractivity contribution in [1.82, 2.24) is 14.9 Å². The van der Waals surface area contributed by atoms with Gasteiger partial charge in [-0.15, -0.1) is 0 Å². The summed E-state index contributed by atoms with van der Waals surface area (Å²) in [6, 6.07) is 7.67. The Morgan fingerprint density at radius 3 is 2.77 bits per heavy atom. The second-order valence-electron chi connectivity index (χ2n) is 5.06. The molecule has 1 aromatic carbocycles. The molecule has 0 spiro atoms. The van der Waals surface area contributed by atoms with Crippen molar-refractivity contribution in [3.05, 3.63) is 33.5 Å². The maximum atomic E-state index is 12.1. The van der Waals surface area contributed by atoms with E-state index in [-0.39, 0.29) is 18.5 Å². The van der Waals surface area contributed by atoms with Crippen LogP contribution in [0.2, 0.25) is 0 Å². The Kier molecular flexibility index (Phi) is 5.63. The zero-order valence-corrected chi connectivity index (χ0v) is 15.7. The number of carbonyl (C=O) groups excluding carboxylic acids is 1. The van der Waals surface area contributed by atoms with Crippen molar-refractivity contribution in [2.45, 2.75) is 26.4 Å². The number of nitrogens with zero attached hydrogens (tertiary/aromatic N) is 2. The van der Waals surface area contributed by atoms with Crippen molar-refractivity contribution in [1.29, 1.82) is 0 Å². The highest BCUT2D eigenvalue weighted by Crippen LogP contribution is 2.31. The van der Waals surface area contributed by atoms with Crippen LogP contribution in [0.25, 0.3) is 11.4 Å². The lowest BCUT2D eigenvalue weighted by atomic mass is 10.2. The number of rotatable bonds is 5. The molecular formula is C15H17Br2N3O2. The van der Waals surface area contributed by atoms with Gasteiger partial charge in [-0.1, -0.05) is 12.1 Å². The van der Waals surface area contributed by atoms with Crippen LogP contribution in [0.15, 0.2) is 33.5 Å². The maximum absolute atomic E-state index is 12.1. The molecule has 0 atom stereocenters. The lowest BCUT2D eigenvalue weighted by Crippen LogP contribution is -2.33. The highest BCUT2D eigenvalue weighted by molar-refractivity contribution is 9.13. The molecule has 0 fully saturated rings. The molecule has 1 aromatic heterocycles. The molecule has 0 aliphatic rings. The van der Waals surface area contributed by atoms with E-state index in [9.17, 15) is 4.79 Å². The molecule has 2 aromatic rings.